The number of halogens is 3. The predicted molar refractivity (Wildman–Crippen MR) is 113 cm³/mol. The number of thiophene rings is 1. The molecule has 150 valence electrons. The van der Waals surface area contributed by atoms with Gasteiger partial charge >= 0.3 is 0 Å². The minimum atomic E-state index is -0.711. The van der Waals surface area contributed by atoms with Crippen LogP contribution in [0.4, 0.5) is 10.2 Å². The Hall–Kier alpha value is -2.32. The molecule has 29 heavy (non-hydrogen) atoms. The number of fused-ring (bicyclic) bond motifs is 1. The van der Waals surface area contributed by atoms with Crippen molar-refractivity contribution in [1.82, 2.24) is 4.98 Å². The summed E-state index contributed by atoms with van der Waals surface area (Å²) in [6.07, 6.45) is 2.47. The number of pyridine rings is 1. The number of rotatable bonds is 5. The lowest BCUT2D eigenvalue weighted by molar-refractivity contribution is 0.227. The minimum absolute atomic E-state index is 0.0350. The Morgan fingerprint density at radius 3 is 2.83 bits per heavy atom. The second-order valence-corrected chi connectivity index (χ2v) is 8.26. The summed E-state index contributed by atoms with van der Waals surface area (Å²) >= 11 is 13.7. The van der Waals surface area contributed by atoms with Crippen molar-refractivity contribution in [3.8, 4) is 16.2 Å². The van der Waals surface area contributed by atoms with Gasteiger partial charge in [-0.15, -0.1) is 11.3 Å². The number of anilines is 1. The summed E-state index contributed by atoms with van der Waals surface area (Å²) in [5.41, 5.74) is 7.54. The molecule has 9 heteroatoms. The number of aliphatic hydroxyl groups is 1. The van der Waals surface area contributed by atoms with Gasteiger partial charge in [0.15, 0.2) is 11.4 Å². The van der Waals surface area contributed by atoms with Gasteiger partial charge < -0.3 is 20.0 Å². The number of benzene rings is 1. The van der Waals surface area contributed by atoms with Gasteiger partial charge in [-0.05, 0) is 31.2 Å². The molecule has 3 aromatic heterocycles. The molecular weight excluding hydrogens is 438 g/mol. The Balaban J connectivity index is 1.77. The van der Waals surface area contributed by atoms with Gasteiger partial charge in [-0.2, -0.15) is 0 Å². The van der Waals surface area contributed by atoms with Crippen molar-refractivity contribution in [2.75, 3.05) is 5.73 Å². The van der Waals surface area contributed by atoms with Crippen molar-refractivity contribution >= 4 is 51.3 Å². The molecule has 0 aliphatic carbocycles. The van der Waals surface area contributed by atoms with E-state index in [-0.39, 0.29) is 28.2 Å². The van der Waals surface area contributed by atoms with Gasteiger partial charge in [-0.25, -0.2) is 9.37 Å². The molecule has 4 aromatic rings. The van der Waals surface area contributed by atoms with E-state index in [4.69, 9.17) is 38.1 Å². The van der Waals surface area contributed by atoms with Gasteiger partial charge in [0.1, 0.15) is 18.2 Å². The Kier molecular flexibility index (Phi) is 5.40. The van der Waals surface area contributed by atoms with Crippen molar-refractivity contribution in [1.29, 1.82) is 0 Å². The van der Waals surface area contributed by atoms with Crippen molar-refractivity contribution < 1.29 is 18.7 Å². The van der Waals surface area contributed by atoms with Crippen LogP contribution in [0.5, 0.6) is 5.75 Å². The fourth-order valence-electron chi connectivity index (χ4n) is 3.04. The molecule has 1 unspecified atom stereocenters. The molecule has 3 heterocycles. The first kappa shape index (κ1) is 20.0. The smallest absolute Gasteiger partial charge is 0.205 e. The summed E-state index contributed by atoms with van der Waals surface area (Å²) in [5, 5.41) is 10.2. The Labute approximate surface area is 179 Å². The minimum Gasteiger partial charge on any atom is -0.478 e. The summed E-state index contributed by atoms with van der Waals surface area (Å²) in [5.74, 6) is -0.254. The highest BCUT2D eigenvalue weighted by molar-refractivity contribution is 7.15. The zero-order valence-corrected chi connectivity index (χ0v) is 17.4. The molecule has 1 aromatic carbocycles. The molecule has 0 fully saturated rings. The fraction of sp³-hybridized carbons (Fsp3) is 0.150. The molecule has 0 spiro atoms. The number of aliphatic hydroxyl groups excluding tert-OH is 1. The molecule has 3 N–H and O–H groups in total. The zero-order chi connectivity index (χ0) is 20.7. The van der Waals surface area contributed by atoms with E-state index in [2.05, 4.69) is 4.98 Å². The number of aromatic nitrogens is 1. The molecule has 0 saturated heterocycles. The Morgan fingerprint density at radius 1 is 1.31 bits per heavy atom. The van der Waals surface area contributed by atoms with Gasteiger partial charge in [0.25, 0.3) is 0 Å². The zero-order valence-electron chi connectivity index (χ0n) is 15.1. The van der Waals surface area contributed by atoms with E-state index in [1.165, 1.54) is 23.5 Å². The van der Waals surface area contributed by atoms with Crippen LogP contribution in [0.1, 0.15) is 23.5 Å². The summed E-state index contributed by atoms with van der Waals surface area (Å²) < 4.78 is 25.6. The van der Waals surface area contributed by atoms with E-state index in [0.717, 1.165) is 15.3 Å². The van der Waals surface area contributed by atoms with Crippen LogP contribution < -0.4 is 10.5 Å². The van der Waals surface area contributed by atoms with Crippen LogP contribution in [0.3, 0.4) is 0 Å². The average molecular weight is 453 g/mol. The fourth-order valence-corrected chi connectivity index (χ4v) is 4.61. The molecule has 0 amide bonds. The summed E-state index contributed by atoms with van der Waals surface area (Å²) in [4.78, 5) is 5.95. The van der Waals surface area contributed by atoms with Crippen LogP contribution in [0.2, 0.25) is 10.0 Å². The van der Waals surface area contributed by atoms with Crippen molar-refractivity contribution in [3.63, 3.8) is 0 Å². The van der Waals surface area contributed by atoms with E-state index >= 15 is 0 Å². The first-order valence-electron chi connectivity index (χ1n) is 8.56. The predicted octanol–water partition coefficient (Wildman–Crippen LogP) is 6.22. The van der Waals surface area contributed by atoms with Crippen molar-refractivity contribution in [2.45, 2.75) is 19.6 Å². The lowest BCUT2D eigenvalue weighted by atomic mass is 10.1. The largest absolute Gasteiger partial charge is 0.478 e. The molecule has 0 radical (unpaired) electrons. The third-order valence-electron chi connectivity index (χ3n) is 4.46. The van der Waals surface area contributed by atoms with E-state index < -0.39 is 11.9 Å². The van der Waals surface area contributed by atoms with E-state index in [9.17, 15) is 9.50 Å². The summed E-state index contributed by atoms with van der Waals surface area (Å²) in [6, 6.07) is 6.35. The number of nitrogen functional groups attached to an aromatic ring is 1. The van der Waals surface area contributed by atoms with E-state index in [1.807, 2.05) is 12.1 Å². The quantitative estimate of drug-likeness (QED) is 0.351. The number of nitrogens with zero attached hydrogens (tertiary/aromatic N) is 1. The first-order valence-corrected chi connectivity index (χ1v) is 10.1. The normalized spacial score (nSPS) is 12.4. The number of ether oxygens (including phenoxy) is 1. The summed E-state index contributed by atoms with van der Waals surface area (Å²) in [6.45, 7) is 1.65. The van der Waals surface area contributed by atoms with E-state index in [0.29, 0.717) is 16.5 Å². The molecule has 0 aliphatic heterocycles. The Bertz CT molecular complexity index is 1210. The van der Waals surface area contributed by atoms with Gasteiger partial charge in [0.2, 0.25) is 5.75 Å². The lowest BCUT2D eigenvalue weighted by Crippen LogP contribution is -2.08. The van der Waals surface area contributed by atoms with E-state index in [1.54, 1.807) is 19.4 Å². The highest BCUT2D eigenvalue weighted by Crippen LogP contribution is 2.42. The van der Waals surface area contributed by atoms with Gasteiger partial charge in [-0.3, -0.25) is 0 Å². The first-order chi connectivity index (χ1) is 13.9. The van der Waals surface area contributed by atoms with Gasteiger partial charge in [0.05, 0.1) is 17.0 Å². The SMILES string of the molecule is CC(Oc1c(N)ncc2c(-c3ccc(CO)s3)coc12)c1c(Cl)ccc(F)c1Cl. The molecular formula is C20H15Cl2FN2O3S. The number of hydrogen-bond acceptors (Lipinski definition) is 6. The molecule has 5 nitrogen and oxygen atoms in total. The average Bonchev–Trinajstić information content (AvgIpc) is 3.34. The standard InChI is InChI=1S/C20H15Cl2FN2O3S/c1-9(16-13(21)3-4-14(23)17(16)22)28-19-18-11(6-25-20(19)24)12(8-27-18)15-5-2-10(7-26)29-15/h2-6,8-9,26H,7H2,1H3,(H2,24,25). The molecule has 1 atom stereocenters. The summed E-state index contributed by atoms with van der Waals surface area (Å²) in [7, 11) is 0. The van der Waals surface area contributed by atoms with Crippen LogP contribution in [0, 0.1) is 5.82 Å². The third kappa shape index (κ3) is 3.55. The molecule has 0 saturated carbocycles. The number of nitrogens with two attached hydrogens (primary N) is 1. The maximum absolute atomic E-state index is 13.9. The van der Waals surface area contributed by atoms with Crippen LogP contribution in [-0.4, -0.2) is 10.1 Å². The number of hydrogen-bond donors (Lipinski definition) is 2. The maximum Gasteiger partial charge on any atom is 0.205 e. The van der Waals surface area contributed by atoms with Crippen molar-refractivity contribution in [3.05, 3.63) is 63.0 Å². The molecule has 0 bridgehead atoms. The molecule has 0 aliphatic rings. The topological polar surface area (TPSA) is 81.5 Å². The monoisotopic (exact) mass is 452 g/mol. The highest BCUT2D eigenvalue weighted by Gasteiger charge is 2.23. The van der Waals surface area contributed by atoms with Crippen LogP contribution in [-0.2, 0) is 6.61 Å². The second kappa shape index (κ2) is 7.84. The lowest BCUT2D eigenvalue weighted by Gasteiger charge is -2.18. The van der Waals surface area contributed by atoms with Crippen LogP contribution >= 0.6 is 34.5 Å². The van der Waals surface area contributed by atoms with Gasteiger partial charge in [-0.1, -0.05) is 23.2 Å². The Morgan fingerprint density at radius 2 is 2.10 bits per heavy atom. The highest BCUT2D eigenvalue weighted by atomic mass is 35.5. The van der Waals surface area contributed by atoms with Crippen LogP contribution in [0.15, 0.2) is 41.1 Å². The van der Waals surface area contributed by atoms with Gasteiger partial charge in [0, 0.05) is 32.1 Å². The molecule has 4 rings (SSSR count). The van der Waals surface area contributed by atoms with Crippen molar-refractivity contribution in [2.24, 2.45) is 0 Å². The maximum atomic E-state index is 13.9. The number of furan rings is 1. The van der Waals surface area contributed by atoms with Crippen LogP contribution in [0.25, 0.3) is 21.4 Å². The second-order valence-electron chi connectivity index (χ2n) is 6.31. The third-order valence-corrected chi connectivity index (χ3v) is 6.28.